The molecule has 1 unspecified atom stereocenters. The number of thiocarbonyl (C=S) groups is 1. The summed E-state index contributed by atoms with van der Waals surface area (Å²) in [7, 11) is 0. The summed E-state index contributed by atoms with van der Waals surface area (Å²) in [5.41, 5.74) is 2.63. The molecule has 3 aliphatic rings. The highest BCUT2D eigenvalue weighted by molar-refractivity contribution is 8.26. The van der Waals surface area contributed by atoms with Gasteiger partial charge in [-0.15, -0.1) is 0 Å². The number of halogens is 1. The van der Waals surface area contributed by atoms with Crippen LogP contribution >= 0.6 is 24.0 Å². The number of benzene rings is 2. The number of amides is 3. The van der Waals surface area contributed by atoms with Crippen molar-refractivity contribution in [2.45, 2.75) is 13.0 Å². The maximum atomic E-state index is 15.2. The third-order valence-electron chi connectivity index (χ3n) is 7.04. The monoisotopic (exact) mass is 613 g/mol. The minimum Gasteiger partial charge on any atom is -0.480 e. The van der Waals surface area contributed by atoms with Gasteiger partial charge in [0.05, 0.1) is 29.4 Å². The highest BCUT2D eigenvalue weighted by Gasteiger charge is 2.34. The van der Waals surface area contributed by atoms with Crippen molar-refractivity contribution in [2.24, 2.45) is 0 Å². The zero-order valence-corrected chi connectivity index (χ0v) is 24.3. The van der Waals surface area contributed by atoms with Gasteiger partial charge in [0.1, 0.15) is 22.8 Å². The topological polar surface area (TPSA) is 123 Å². The van der Waals surface area contributed by atoms with Crippen LogP contribution in [-0.4, -0.2) is 90.1 Å². The van der Waals surface area contributed by atoms with Crippen LogP contribution in [0.1, 0.15) is 12.5 Å². The average molecular weight is 614 g/mol. The average Bonchev–Trinajstić information content (AvgIpc) is 3.46. The number of hydrogen-bond donors (Lipinski definition) is 2. The predicted molar refractivity (Wildman–Crippen MR) is 161 cm³/mol. The first-order chi connectivity index (χ1) is 20.1. The van der Waals surface area contributed by atoms with Gasteiger partial charge in [-0.2, -0.15) is 0 Å². The van der Waals surface area contributed by atoms with E-state index >= 15 is 4.39 Å². The number of nitrogens with one attached hydrogen (secondary N) is 1. The molecule has 220 valence electrons. The summed E-state index contributed by atoms with van der Waals surface area (Å²) < 4.78 is 20.7. The first-order valence-electron chi connectivity index (χ1n) is 13.2. The second-order valence-electron chi connectivity index (χ2n) is 9.92. The standard InChI is InChI=1S/C28H28FN5O6S2/c1-17(35)30-14-21-15-33(27(39)40-21)20-6-7-23(22(29)13-20)32-10-8-31(9-11-32)19-4-2-18(3-5-19)12-24-26(38)34(16-25(36)37)28(41)42-24/h2-7,12-13,21H,8-11,14-16H2,1H3,(H,30,35)(H,36,37)/b24-12+. The zero-order valence-electron chi connectivity index (χ0n) is 22.6. The molecule has 3 saturated heterocycles. The van der Waals surface area contributed by atoms with Crippen LogP contribution in [0.25, 0.3) is 6.08 Å². The van der Waals surface area contributed by atoms with E-state index in [1.807, 2.05) is 29.2 Å². The molecule has 2 aromatic rings. The molecule has 1 atom stereocenters. The molecule has 3 aliphatic heterocycles. The Morgan fingerprint density at radius 2 is 1.76 bits per heavy atom. The predicted octanol–water partition coefficient (Wildman–Crippen LogP) is 2.90. The smallest absolute Gasteiger partial charge is 0.414 e. The molecule has 2 N–H and O–H groups in total. The molecule has 3 heterocycles. The minimum atomic E-state index is -1.13. The van der Waals surface area contributed by atoms with Crippen molar-refractivity contribution in [3.05, 3.63) is 58.8 Å². The van der Waals surface area contributed by atoms with Gasteiger partial charge in [-0.3, -0.25) is 24.2 Å². The number of piperazine rings is 1. The quantitative estimate of drug-likeness (QED) is 0.340. The van der Waals surface area contributed by atoms with Gasteiger partial charge >= 0.3 is 12.1 Å². The largest absolute Gasteiger partial charge is 0.480 e. The number of anilines is 3. The maximum absolute atomic E-state index is 15.2. The Morgan fingerprint density at radius 1 is 1.10 bits per heavy atom. The fourth-order valence-electron chi connectivity index (χ4n) is 4.93. The van der Waals surface area contributed by atoms with E-state index in [4.69, 9.17) is 22.1 Å². The summed E-state index contributed by atoms with van der Waals surface area (Å²) in [6.07, 6.45) is 0.616. The maximum Gasteiger partial charge on any atom is 0.414 e. The van der Waals surface area contributed by atoms with Crippen LogP contribution in [-0.2, 0) is 19.1 Å². The molecule has 0 aliphatic carbocycles. The summed E-state index contributed by atoms with van der Waals surface area (Å²) in [4.78, 5) is 53.9. The summed E-state index contributed by atoms with van der Waals surface area (Å²) in [5.74, 6) is -2.19. The summed E-state index contributed by atoms with van der Waals surface area (Å²) in [6.45, 7) is 3.85. The van der Waals surface area contributed by atoms with Crippen molar-refractivity contribution in [3.8, 4) is 0 Å². The molecular weight excluding hydrogens is 585 g/mol. The van der Waals surface area contributed by atoms with Crippen LogP contribution in [0.5, 0.6) is 0 Å². The first kappa shape index (κ1) is 29.3. The van der Waals surface area contributed by atoms with Crippen molar-refractivity contribution in [1.82, 2.24) is 10.2 Å². The van der Waals surface area contributed by atoms with Gasteiger partial charge in [0, 0.05) is 38.8 Å². The number of thioether (sulfide) groups is 1. The lowest BCUT2D eigenvalue weighted by Gasteiger charge is -2.37. The summed E-state index contributed by atoms with van der Waals surface area (Å²) in [6, 6.07) is 12.4. The van der Waals surface area contributed by atoms with Crippen molar-refractivity contribution in [1.29, 1.82) is 0 Å². The zero-order chi connectivity index (χ0) is 30.0. The Morgan fingerprint density at radius 3 is 2.40 bits per heavy atom. The number of aliphatic carboxylic acids is 1. The fraction of sp³-hybridized carbons (Fsp3) is 0.321. The highest BCUT2D eigenvalue weighted by atomic mass is 32.2. The lowest BCUT2D eigenvalue weighted by molar-refractivity contribution is -0.140. The first-order valence-corrected chi connectivity index (χ1v) is 14.4. The molecule has 0 spiro atoms. The Labute approximate surface area is 250 Å². The van der Waals surface area contributed by atoms with E-state index in [0.717, 1.165) is 27.9 Å². The molecular formula is C28H28FN5O6S2. The number of nitrogens with zero attached hydrogens (tertiary/aromatic N) is 4. The Kier molecular flexibility index (Phi) is 8.64. The van der Waals surface area contributed by atoms with Gasteiger partial charge in [-0.1, -0.05) is 36.1 Å². The molecule has 11 nitrogen and oxygen atoms in total. The molecule has 3 fully saturated rings. The molecule has 3 amide bonds. The lowest BCUT2D eigenvalue weighted by Crippen LogP contribution is -2.46. The van der Waals surface area contributed by atoms with Crippen molar-refractivity contribution < 1.29 is 33.4 Å². The number of cyclic esters (lactones) is 1. The fourth-order valence-corrected chi connectivity index (χ4v) is 6.18. The number of carboxylic acid groups (broad SMARTS) is 1. The number of rotatable bonds is 8. The third-order valence-corrected chi connectivity index (χ3v) is 8.42. The second kappa shape index (κ2) is 12.4. The van der Waals surface area contributed by atoms with Gasteiger partial charge in [-0.05, 0) is 42.0 Å². The molecule has 2 aromatic carbocycles. The second-order valence-corrected chi connectivity index (χ2v) is 11.6. The summed E-state index contributed by atoms with van der Waals surface area (Å²) >= 11 is 6.22. The van der Waals surface area contributed by atoms with E-state index in [9.17, 15) is 19.2 Å². The lowest BCUT2D eigenvalue weighted by atomic mass is 10.1. The van der Waals surface area contributed by atoms with Crippen LogP contribution in [0, 0.1) is 5.82 Å². The molecule has 0 saturated carbocycles. The molecule has 42 heavy (non-hydrogen) atoms. The Hall–Kier alpha value is -4.17. The molecule has 14 heteroatoms. The van der Waals surface area contributed by atoms with Crippen LogP contribution in [0.2, 0.25) is 0 Å². The van der Waals surface area contributed by atoms with Crippen molar-refractivity contribution in [3.63, 3.8) is 0 Å². The molecule has 0 bridgehead atoms. The molecule has 0 radical (unpaired) electrons. The van der Waals surface area contributed by atoms with Gasteiger partial charge in [0.15, 0.2) is 0 Å². The normalized spacial score (nSPS) is 20.0. The van der Waals surface area contributed by atoms with Crippen molar-refractivity contribution >= 4 is 75.3 Å². The number of carboxylic acids is 1. The SMILES string of the molecule is CC(=O)NCC1CN(c2ccc(N3CCN(c4ccc(/C=C5/SC(=S)N(CC(=O)O)C5=O)cc4)CC3)c(F)c2)C(=O)O1. The van der Waals surface area contributed by atoms with E-state index < -0.39 is 36.4 Å². The third kappa shape index (κ3) is 6.49. The van der Waals surface area contributed by atoms with E-state index in [2.05, 4.69) is 10.2 Å². The van der Waals surface area contributed by atoms with E-state index in [0.29, 0.717) is 42.5 Å². The van der Waals surface area contributed by atoms with Gasteiger partial charge < -0.3 is 25.0 Å². The number of ether oxygens (including phenoxy) is 1. The van der Waals surface area contributed by atoms with E-state index in [1.54, 1.807) is 18.2 Å². The number of carbonyl (C=O) groups is 4. The van der Waals surface area contributed by atoms with Gasteiger partial charge in [0.25, 0.3) is 5.91 Å². The van der Waals surface area contributed by atoms with E-state index in [1.165, 1.54) is 17.9 Å². The number of carbonyl (C=O) groups excluding carboxylic acids is 3. The Bertz CT molecular complexity index is 1460. The van der Waals surface area contributed by atoms with Gasteiger partial charge in [-0.25, -0.2) is 9.18 Å². The molecule has 5 rings (SSSR count). The molecule has 0 aromatic heterocycles. The van der Waals surface area contributed by atoms with Crippen molar-refractivity contribution in [2.75, 3.05) is 60.5 Å². The van der Waals surface area contributed by atoms with Crippen LogP contribution in [0.4, 0.5) is 26.2 Å². The highest BCUT2D eigenvalue weighted by Crippen LogP contribution is 2.33. The number of hydrogen-bond acceptors (Lipinski definition) is 9. The van der Waals surface area contributed by atoms with Crippen LogP contribution in [0.15, 0.2) is 47.4 Å². The Balaban J connectivity index is 1.17. The summed E-state index contributed by atoms with van der Waals surface area (Å²) in [5, 5.41) is 11.6. The van der Waals surface area contributed by atoms with Gasteiger partial charge in [0.2, 0.25) is 5.91 Å². The van der Waals surface area contributed by atoms with Crippen LogP contribution < -0.4 is 20.0 Å². The van der Waals surface area contributed by atoms with E-state index in [-0.39, 0.29) is 23.3 Å². The van der Waals surface area contributed by atoms with Crippen LogP contribution in [0.3, 0.4) is 0 Å². The minimum absolute atomic E-state index is 0.198.